The molecule has 1 aliphatic heterocycles. The molecule has 1 unspecified atom stereocenters. The number of aromatic nitrogens is 1. The number of benzene rings is 1. The number of piperidine rings is 1. The zero-order chi connectivity index (χ0) is 11.7. The normalized spacial score (nSPS) is 20.8. The Bertz CT molecular complexity index is 564. The molecule has 4 nitrogen and oxygen atoms in total. The highest BCUT2D eigenvalue weighted by Gasteiger charge is 2.17. The van der Waals surface area contributed by atoms with Crippen LogP contribution in [0.25, 0.3) is 11.1 Å². The average Bonchev–Trinajstić information content (AvgIpc) is 2.68. The number of rotatable bonds is 2. The van der Waals surface area contributed by atoms with Crippen molar-refractivity contribution in [2.24, 2.45) is 5.92 Å². The third-order valence-electron chi connectivity index (χ3n) is 3.41. The molecule has 3 rings (SSSR count). The second-order valence-corrected chi connectivity index (χ2v) is 4.66. The van der Waals surface area contributed by atoms with Gasteiger partial charge in [0.25, 0.3) is 0 Å². The summed E-state index contributed by atoms with van der Waals surface area (Å²) in [4.78, 5) is 11.8. The van der Waals surface area contributed by atoms with Crippen molar-refractivity contribution in [3.05, 3.63) is 34.8 Å². The molecule has 1 aromatic heterocycles. The summed E-state index contributed by atoms with van der Waals surface area (Å²) in [6, 6.07) is 7.60. The van der Waals surface area contributed by atoms with Crippen LogP contribution < -0.4 is 11.1 Å². The van der Waals surface area contributed by atoms with Gasteiger partial charge >= 0.3 is 5.76 Å². The van der Waals surface area contributed by atoms with E-state index >= 15 is 0 Å². The number of fused-ring (bicyclic) bond motifs is 1. The van der Waals surface area contributed by atoms with Gasteiger partial charge in [0.1, 0.15) is 0 Å². The van der Waals surface area contributed by atoms with E-state index in [-0.39, 0.29) is 5.76 Å². The van der Waals surface area contributed by atoms with Gasteiger partial charge in [0, 0.05) is 6.54 Å². The predicted octanol–water partition coefficient (Wildman–Crippen LogP) is 1.59. The quantitative estimate of drug-likeness (QED) is 0.855. The maximum absolute atomic E-state index is 11.8. The molecule has 0 aliphatic carbocycles. The Morgan fingerprint density at radius 2 is 2.29 bits per heavy atom. The summed E-state index contributed by atoms with van der Waals surface area (Å²) >= 11 is 0. The van der Waals surface area contributed by atoms with Crippen LogP contribution in [0.5, 0.6) is 0 Å². The summed E-state index contributed by atoms with van der Waals surface area (Å²) in [5, 5.41) is 3.37. The van der Waals surface area contributed by atoms with E-state index < -0.39 is 0 Å². The third-order valence-corrected chi connectivity index (χ3v) is 3.41. The van der Waals surface area contributed by atoms with Gasteiger partial charge in [0.2, 0.25) is 0 Å². The van der Waals surface area contributed by atoms with E-state index in [1.165, 1.54) is 12.8 Å². The van der Waals surface area contributed by atoms with Gasteiger partial charge in [-0.2, -0.15) is 0 Å². The molecular weight excluding hydrogens is 216 g/mol. The molecule has 4 heteroatoms. The van der Waals surface area contributed by atoms with E-state index in [0.29, 0.717) is 11.5 Å². The Kier molecular flexibility index (Phi) is 2.73. The van der Waals surface area contributed by atoms with Crippen LogP contribution in [0.4, 0.5) is 0 Å². The van der Waals surface area contributed by atoms with E-state index in [4.69, 9.17) is 4.42 Å². The van der Waals surface area contributed by atoms with Gasteiger partial charge in [-0.25, -0.2) is 4.79 Å². The summed E-state index contributed by atoms with van der Waals surface area (Å²) in [7, 11) is 0. The maximum Gasteiger partial charge on any atom is 0.419 e. The van der Waals surface area contributed by atoms with Crippen molar-refractivity contribution in [1.29, 1.82) is 0 Å². The van der Waals surface area contributed by atoms with Gasteiger partial charge in [-0.3, -0.25) is 4.57 Å². The summed E-state index contributed by atoms with van der Waals surface area (Å²) in [6.45, 7) is 2.84. The van der Waals surface area contributed by atoms with Gasteiger partial charge in [-0.1, -0.05) is 12.1 Å². The van der Waals surface area contributed by atoms with Crippen LogP contribution >= 0.6 is 0 Å². The van der Waals surface area contributed by atoms with E-state index in [0.717, 1.165) is 25.2 Å². The summed E-state index contributed by atoms with van der Waals surface area (Å²) in [5.74, 6) is 0.291. The van der Waals surface area contributed by atoms with Crippen molar-refractivity contribution >= 4 is 11.1 Å². The van der Waals surface area contributed by atoms with Crippen molar-refractivity contribution in [2.45, 2.75) is 19.4 Å². The van der Waals surface area contributed by atoms with Crippen molar-refractivity contribution in [3.8, 4) is 0 Å². The highest BCUT2D eigenvalue weighted by molar-refractivity contribution is 5.72. The summed E-state index contributed by atoms with van der Waals surface area (Å²) in [6.07, 6.45) is 2.37. The Morgan fingerprint density at radius 3 is 3.12 bits per heavy atom. The Labute approximate surface area is 99.2 Å². The minimum absolute atomic E-state index is 0.239. The van der Waals surface area contributed by atoms with E-state index in [9.17, 15) is 4.79 Å². The van der Waals surface area contributed by atoms with Crippen molar-refractivity contribution in [3.63, 3.8) is 0 Å². The largest absolute Gasteiger partial charge is 0.419 e. The van der Waals surface area contributed by atoms with Crippen LogP contribution in [0.2, 0.25) is 0 Å². The predicted molar refractivity (Wildman–Crippen MR) is 66.1 cm³/mol. The van der Waals surface area contributed by atoms with Gasteiger partial charge in [0.15, 0.2) is 5.58 Å². The van der Waals surface area contributed by atoms with Gasteiger partial charge in [-0.05, 0) is 44.0 Å². The molecular formula is C13H16N2O2. The van der Waals surface area contributed by atoms with Crippen molar-refractivity contribution in [1.82, 2.24) is 9.88 Å². The second-order valence-electron chi connectivity index (χ2n) is 4.66. The fraction of sp³-hybridized carbons (Fsp3) is 0.462. The van der Waals surface area contributed by atoms with Gasteiger partial charge < -0.3 is 9.73 Å². The molecule has 0 amide bonds. The number of para-hydroxylation sites is 2. The van der Waals surface area contributed by atoms with E-state index in [2.05, 4.69) is 5.32 Å². The number of nitrogens with one attached hydrogen (secondary N) is 1. The maximum atomic E-state index is 11.8. The Balaban J connectivity index is 1.93. The molecule has 1 atom stereocenters. The number of oxazole rings is 1. The molecule has 1 N–H and O–H groups in total. The van der Waals surface area contributed by atoms with Crippen LogP contribution in [0.3, 0.4) is 0 Å². The summed E-state index contributed by atoms with van der Waals surface area (Å²) in [5.41, 5.74) is 1.59. The standard InChI is InChI=1S/C13H16N2O2/c16-13-15(9-10-4-3-7-14-8-10)11-5-1-2-6-12(11)17-13/h1-2,5-6,10,14H,3-4,7-9H2. The van der Waals surface area contributed by atoms with Crippen LogP contribution in [-0.2, 0) is 6.54 Å². The monoisotopic (exact) mass is 232 g/mol. The highest BCUT2D eigenvalue weighted by Crippen LogP contribution is 2.16. The molecule has 1 fully saturated rings. The lowest BCUT2D eigenvalue weighted by Gasteiger charge is -2.22. The topological polar surface area (TPSA) is 47.2 Å². The zero-order valence-corrected chi connectivity index (χ0v) is 9.69. The molecule has 0 saturated carbocycles. The molecule has 0 spiro atoms. The minimum Gasteiger partial charge on any atom is -0.408 e. The molecule has 1 aromatic carbocycles. The number of nitrogens with zero attached hydrogens (tertiary/aromatic N) is 1. The first-order valence-corrected chi connectivity index (χ1v) is 6.14. The van der Waals surface area contributed by atoms with Gasteiger partial charge in [-0.15, -0.1) is 0 Å². The van der Waals surface area contributed by atoms with Gasteiger partial charge in [0.05, 0.1) is 5.52 Å². The number of hydrogen-bond donors (Lipinski definition) is 1. The molecule has 1 saturated heterocycles. The van der Waals surface area contributed by atoms with E-state index in [1.807, 2.05) is 24.3 Å². The van der Waals surface area contributed by atoms with Crippen molar-refractivity contribution < 1.29 is 4.42 Å². The second kappa shape index (κ2) is 4.37. The Hall–Kier alpha value is -1.55. The molecule has 1 aliphatic rings. The first-order valence-electron chi connectivity index (χ1n) is 6.14. The third kappa shape index (κ3) is 2.00. The lowest BCUT2D eigenvalue weighted by atomic mass is 10.00. The molecule has 0 bridgehead atoms. The fourth-order valence-corrected chi connectivity index (χ4v) is 2.52. The van der Waals surface area contributed by atoms with Crippen molar-refractivity contribution in [2.75, 3.05) is 13.1 Å². The van der Waals surface area contributed by atoms with Crippen LogP contribution in [-0.4, -0.2) is 17.7 Å². The van der Waals surface area contributed by atoms with Crippen LogP contribution in [0.1, 0.15) is 12.8 Å². The highest BCUT2D eigenvalue weighted by atomic mass is 16.4. The van der Waals surface area contributed by atoms with E-state index in [1.54, 1.807) is 4.57 Å². The lowest BCUT2D eigenvalue weighted by molar-refractivity contribution is 0.329. The molecule has 2 aromatic rings. The first kappa shape index (κ1) is 10.6. The first-order chi connectivity index (χ1) is 8.34. The molecule has 0 radical (unpaired) electrons. The van der Waals surface area contributed by atoms with Crippen LogP contribution in [0, 0.1) is 5.92 Å². The smallest absolute Gasteiger partial charge is 0.408 e. The molecule has 2 heterocycles. The minimum atomic E-state index is -0.239. The molecule has 17 heavy (non-hydrogen) atoms. The van der Waals surface area contributed by atoms with Crippen LogP contribution in [0.15, 0.2) is 33.5 Å². The fourth-order valence-electron chi connectivity index (χ4n) is 2.52. The summed E-state index contributed by atoms with van der Waals surface area (Å²) < 4.78 is 6.98. The SMILES string of the molecule is O=c1oc2ccccc2n1CC1CCCNC1. The average molecular weight is 232 g/mol. The molecule has 90 valence electrons. The number of hydrogen-bond acceptors (Lipinski definition) is 3. The Morgan fingerprint density at radius 1 is 1.41 bits per heavy atom. The zero-order valence-electron chi connectivity index (χ0n) is 9.69. The lowest BCUT2D eigenvalue weighted by Crippen LogP contribution is -2.33.